The summed E-state index contributed by atoms with van der Waals surface area (Å²) >= 11 is 0. The summed E-state index contributed by atoms with van der Waals surface area (Å²) in [5.41, 5.74) is 11.2. The Balaban J connectivity index is 1.94. The van der Waals surface area contributed by atoms with Crippen molar-refractivity contribution in [1.29, 1.82) is 0 Å². The van der Waals surface area contributed by atoms with Gasteiger partial charge in [-0.1, -0.05) is 20.8 Å². The fraction of sp³-hybridized carbons (Fsp3) is 0.938. The normalized spacial score (nSPS) is 36.8. The zero-order chi connectivity index (χ0) is 15.0. The van der Waals surface area contributed by atoms with E-state index in [9.17, 15) is 4.79 Å². The van der Waals surface area contributed by atoms with Crippen molar-refractivity contribution in [3.05, 3.63) is 0 Å². The zero-order valence-corrected chi connectivity index (χ0v) is 13.3. The Hall–Kier alpha value is -0.610. The van der Waals surface area contributed by atoms with Gasteiger partial charge in [0.05, 0.1) is 5.54 Å². The molecule has 0 aromatic carbocycles. The Morgan fingerprint density at radius 1 is 1.20 bits per heavy atom. The van der Waals surface area contributed by atoms with E-state index in [4.69, 9.17) is 11.5 Å². The number of hydrogen-bond acceptors (Lipinski definition) is 3. The van der Waals surface area contributed by atoms with Crippen LogP contribution in [0.15, 0.2) is 0 Å². The molecule has 4 heteroatoms. The van der Waals surface area contributed by atoms with Gasteiger partial charge in [-0.05, 0) is 62.9 Å². The van der Waals surface area contributed by atoms with Crippen LogP contribution in [0, 0.1) is 11.3 Å². The summed E-state index contributed by atoms with van der Waals surface area (Å²) in [6.07, 6.45) is 6.32. The van der Waals surface area contributed by atoms with Crippen LogP contribution in [0.3, 0.4) is 0 Å². The third kappa shape index (κ3) is 3.34. The SMILES string of the molecule is CC(C)(C)C1CCCN(C2CCC(N)(C(N)=O)C2)CC1. The number of rotatable bonds is 2. The second-order valence-corrected chi connectivity index (χ2v) is 7.95. The van der Waals surface area contributed by atoms with Gasteiger partial charge in [-0.2, -0.15) is 0 Å². The van der Waals surface area contributed by atoms with Crippen molar-refractivity contribution in [3.8, 4) is 0 Å². The standard InChI is InChI=1S/C16H31N3O/c1-15(2,3)12-5-4-9-19(10-7-12)13-6-8-16(18,11-13)14(17)20/h12-13H,4-11,18H2,1-3H3,(H2,17,20). The van der Waals surface area contributed by atoms with Gasteiger partial charge in [0.2, 0.25) is 5.91 Å². The summed E-state index contributed by atoms with van der Waals surface area (Å²) in [5, 5.41) is 0. The highest BCUT2D eigenvalue weighted by Crippen LogP contribution is 2.37. The van der Waals surface area contributed by atoms with Crippen LogP contribution in [0.4, 0.5) is 0 Å². The number of hydrogen-bond donors (Lipinski definition) is 2. The maximum atomic E-state index is 11.5. The molecule has 0 aromatic rings. The van der Waals surface area contributed by atoms with Gasteiger partial charge in [0.25, 0.3) is 0 Å². The number of likely N-dealkylation sites (tertiary alicyclic amines) is 1. The molecule has 4 N–H and O–H groups in total. The van der Waals surface area contributed by atoms with Crippen LogP contribution in [-0.4, -0.2) is 35.5 Å². The van der Waals surface area contributed by atoms with Gasteiger partial charge < -0.3 is 16.4 Å². The maximum absolute atomic E-state index is 11.5. The van der Waals surface area contributed by atoms with Crippen molar-refractivity contribution < 1.29 is 4.79 Å². The summed E-state index contributed by atoms with van der Waals surface area (Å²) in [6, 6.07) is 0.450. The van der Waals surface area contributed by atoms with Crippen LogP contribution in [0.5, 0.6) is 0 Å². The van der Waals surface area contributed by atoms with Crippen molar-refractivity contribution in [3.63, 3.8) is 0 Å². The molecule has 1 aliphatic carbocycles. The molecule has 1 aliphatic heterocycles. The van der Waals surface area contributed by atoms with Crippen LogP contribution < -0.4 is 11.5 Å². The average molecular weight is 281 g/mol. The van der Waals surface area contributed by atoms with Crippen molar-refractivity contribution in [2.75, 3.05) is 13.1 Å². The van der Waals surface area contributed by atoms with E-state index in [1.54, 1.807) is 0 Å². The minimum Gasteiger partial charge on any atom is -0.368 e. The molecule has 0 bridgehead atoms. The molecule has 2 rings (SSSR count). The van der Waals surface area contributed by atoms with E-state index in [0.717, 1.165) is 38.3 Å². The lowest BCUT2D eigenvalue weighted by Gasteiger charge is -2.31. The smallest absolute Gasteiger partial charge is 0.237 e. The molecule has 2 fully saturated rings. The molecule has 3 atom stereocenters. The van der Waals surface area contributed by atoms with Crippen LogP contribution >= 0.6 is 0 Å². The molecular weight excluding hydrogens is 250 g/mol. The van der Waals surface area contributed by atoms with Gasteiger partial charge in [0, 0.05) is 6.04 Å². The van der Waals surface area contributed by atoms with Gasteiger partial charge in [-0.15, -0.1) is 0 Å². The highest BCUT2D eigenvalue weighted by Gasteiger charge is 2.43. The van der Waals surface area contributed by atoms with Crippen LogP contribution in [-0.2, 0) is 4.79 Å². The number of primary amides is 1. The van der Waals surface area contributed by atoms with Crippen molar-refractivity contribution >= 4 is 5.91 Å². The molecular formula is C16H31N3O. The van der Waals surface area contributed by atoms with Gasteiger partial charge in [-0.3, -0.25) is 4.79 Å². The van der Waals surface area contributed by atoms with Crippen molar-refractivity contribution in [1.82, 2.24) is 4.90 Å². The highest BCUT2D eigenvalue weighted by atomic mass is 16.1. The van der Waals surface area contributed by atoms with E-state index < -0.39 is 5.54 Å². The molecule has 1 heterocycles. The molecule has 2 aliphatic rings. The summed E-state index contributed by atoms with van der Waals surface area (Å²) in [5.74, 6) is 0.468. The first kappa shape index (κ1) is 15.8. The minimum atomic E-state index is -0.763. The summed E-state index contributed by atoms with van der Waals surface area (Å²) in [6.45, 7) is 9.33. The third-order valence-electron chi connectivity index (χ3n) is 5.52. The largest absolute Gasteiger partial charge is 0.368 e. The predicted octanol–water partition coefficient (Wildman–Crippen LogP) is 1.87. The fourth-order valence-corrected chi connectivity index (χ4v) is 3.93. The Morgan fingerprint density at radius 2 is 1.90 bits per heavy atom. The lowest BCUT2D eigenvalue weighted by molar-refractivity contribution is -0.123. The number of carbonyl (C=O) groups excluding carboxylic acids is 1. The van der Waals surface area contributed by atoms with Gasteiger partial charge >= 0.3 is 0 Å². The van der Waals surface area contributed by atoms with E-state index in [1.165, 1.54) is 19.3 Å². The Morgan fingerprint density at radius 3 is 2.45 bits per heavy atom. The summed E-state index contributed by atoms with van der Waals surface area (Å²) < 4.78 is 0. The quantitative estimate of drug-likeness (QED) is 0.811. The molecule has 1 amide bonds. The molecule has 4 nitrogen and oxygen atoms in total. The highest BCUT2D eigenvalue weighted by molar-refractivity contribution is 5.84. The molecule has 20 heavy (non-hydrogen) atoms. The van der Waals surface area contributed by atoms with E-state index in [1.807, 2.05) is 0 Å². The van der Waals surface area contributed by atoms with E-state index in [-0.39, 0.29) is 5.91 Å². The van der Waals surface area contributed by atoms with Gasteiger partial charge in [0.1, 0.15) is 0 Å². The first-order chi connectivity index (χ1) is 9.22. The molecule has 1 saturated heterocycles. The number of carbonyl (C=O) groups is 1. The molecule has 0 radical (unpaired) electrons. The second kappa shape index (κ2) is 5.64. The second-order valence-electron chi connectivity index (χ2n) is 7.95. The van der Waals surface area contributed by atoms with Crippen molar-refractivity contribution in [2.24, 2.45) is 22.8 Å². The predicted molar refractivity (Wildman–Crippen MR) is 82.1 cm³/mol. The molecule has 0 aromatic heterocycles. The third-order valence-corrected chi connectivity index (χ3v) is 5.52. The lowest BCUT2D eigenvalue weighted by atomic mass is 9.77. The lowest BCUT2D eigenvalue weighted by Crippen LogP contribution is -2.51. The minimum absolute atomic E-state index is 0.331. The summed E-state index contributed by atoms with van der Waals surface area (Å²) in [4.78, 5) is 14.0. The monoisotopic (exact) mass is 281 g/mol. The topological polar surface area (TPSA) is 72.3 Å². The van der Waals surface area contributed by atoms with Crippen LogP contribution in [0.2, 0.25) is 0 Å². The Kier molecular flexibility index (Phi) is 4.45. The molecule has 1 saturated carbocycles. The number of nitrogens with two attached hydrogens (primary N) is 2. The molecule has 0 spiro atoms. The fourth-order valence-electron chi connectivity index (χ4n) is 3.93. The zero-order valence-electron chi connectivity index (χ0n) is 13.3. The summed E-state index contributed by atoms with van der Waals surface area (Å²) in [7, 11) is 0. The van der Waals surface area contributed by atoms with Crippen LogP contribution in [0.1, 0.15) is 59.3 Å². The van der Waals surface area contributed by atoms with Gasteiger partial charge in [0.15, 0.2) is 0 Å². The maximum Gasteiger partial charge on any atom is 0.237 e. The first-order valence-electron chi connectivity index (χ1n) is 8.05. The Labute approximate surface area is 123 Å². The number of amides is 1. The molecule has 116 valence electrons. The Bertz CT molecular complexity index is 363. The van der Waals surface area contributed by atoms with Crippen LogP contribution in [0.25, 0.3) is 0 Å². The number of nitrogens with zero attached hydrogens (tertiary/aromatic N) is 1. The van der Waals surface area contributed by atoms with E-state index in [2.05, 4.69) is 25.7 Å². The van der Waals surface area contributed by atoms with Gasteiger partial charge in [-0.25, -0.2) is 0 Å². The van der Waals surface area contributed by atoms with E-state index >= 15 is 0 Å². The molecule has 3 unspecified atom stereocenters. The van der Waals surface area contributed by atoms with Crippen molar-refractivity contribution in [2.45, 2.75) is 70.9 Å². The first-order valence-corrected chi connectivity index (χ1v) is 8.05. The average Bonchev–Trinajstić information content (AvgIpc) is 2.60. The van der Waals surface area contributed by atoms with E-state index in [0.29, 0.717) is 11.5 Å².